The number of piperazine rings is 1. The number of halogens is 2. The first-order valence-corrected chi connectivity index (χ1v) is 17.4. The van der Waals surface area contributed by atoms with Crippen molar-refractivity contribution in [2.75, 3.05) is 66.6 Å². The van der Waals surface area contributed by atoms with Crippen LogP contribution in [0.3, 0.4) is 0 Å². The highest BCUT2D eigenvalue weighted by Gasteiger charge is 2.52. The first kappa shape index (κ1) is 34.8. The number of aromatic nitrogens is 3. The topological polar surface area (TPSA) is 104 Å². The van der Waals surface area contributed by atoms with Crippen molar-refractivity contribution in [1.29, 1.82) is 0 Å². The van der Waals surface area contributed by atoms with Crippen LogP contribution in [0.15, 0.2) is 54.7 Å². The van der Waals surface area contributed by atoms with Crippen molar-refractivity contribution in [1.82, 2.24) is 34.6 Å². The maximum atomic E-state index is 16.4. The molecule has 266 valence electrons. The summed E-state index contributed by atoms with van der Waals surface area (Å²) in [4.78, 5) is 45.7. The van der Waals surface area contributed by atoms with E-state index in [-0.39, 0.29) is 22.8 Å². The van der Waals surface area contributed by atoms with Gasteiger partial charge in [-0.2, -0.15) is 0 Å². The number of hydrogen-bond donors (Lipinski definition) is 0. The summed E-state index contributed by atoms with van der Waals surface area (Å²) in [6.45, 7) is 10.7. The van der Waals surface area contributed by atoms with Gasteiger partial charge in [-0.1, -0.05) is 48.0 Å². The second-order valence-electron chi connectivity index (χ2n) is 13.7. The summed E-state index contributed by atoms with van der Waals surface area (Å²) in [5.41, 5.74) is 4.50. The fraction of sp³-hybridized carbons (Fsp3) is 0.395. The zero-order chi connectivity index (χ0) is 35.9. The second-order valence-corrected chi connectivity index (χ2v) is 14.1. The number of ether oxygens (including phenoxy) is 2. The Balaban J connectivity index is 1.09. The highest BCUT2D eigenvalue weighted by Crippen LogP contribution is 2.42. The molecule has 51 heavy (non-hydrogen) atoms. The predicted molar refractivity (Wildman–Crippen MR) is 192 cm³/mol. The number of nitrogens with zero attached hydrogens (tertiary/aromatic N) is 7. The van der Waals surface area contributed by atoms with Crippen molar-refractivity contribution < 1.29 is 23.5 Å². The Morgan fingerprint density at radius 1 is 0.745 bits per heavy atom. The summed E-state index contributed by atoms with van der Waals surface area (Å²) in [6, 6.07) is 14.5. The number of rotatable bonds is 9. The fourth-order valence-electron chi connectivity index (χ4n) is 7.46. The predicted octanol–water partition coefficient (Wildman–Crippen LogP) is 5.01. The summed E-state index contributed by atoms with van der Waals surface area (Å²) >= 11 is 7.01. The van der Waals surface area contributed by atoms with Gasteiger partial charge < -0.3 is 19.3 Å². The molecule has 7 rings (SSSR count). The van der Waals surface area contributed by atoms with Crippen LogP contribution in [-0.4, -0.2) is 113 Å². The minimum Gasteiger partial charge on any atom is -0.481 e. The van der Waals surface area contributed by atoms with Gasteiger partial charge in [-0.05, 0) is 12.1 Å². The molecule has 3 saturated heterocycles. The number of methoxy groups -OCH3 is 2. The molecule has 3 aliphatic rings. The van der Waals surface area contributed by atoms with Gasteiger partial charge in [-0.15, -0.1) is 0 Å². The van der Waals surface area contributed by atoms with E-state index in [4.69, 9.17) is 26.1 Å². The Labute approximate surface area is 302 Å². The summed E-state index contributed by atoms with van der Waals surface area (Å²) in [5, 5.41) is 0.362. The zero-order valence-corrected chi connectivity index (χ0v) is 30.0. The van der Waals surface area contributed by atoms with E-state index in [9.17, 15) is 9.59 Å². The lowest BCUT2D eigenvalue weighted by molar-refractivity contribution is -0.157. The molecule has 0 N–H and O–H groups in total. The molecule has 11 nitrogen and oxygen atoms in total. The number of carbonyl (C=O) groups excluding carboxylic acids is 2. The van der Waals surface area contributed by atoms with Gasteiger partial charge in [0, 0.05) is 113 Å². The average molecular weight is 714 g/mol. The van der Waals surface area contributed by atoms with E-state index in [1.807, 2.05) is 34.1 Å². The molecule has 0 saturated carbocycles. The van der Waals surface area contributed by atoms with Gasteiger partial charge in [0.05, 0.1) is 36.8 Å². The molecule has 0 bridgehead atoms. The molecule has 2 aromatic carbocycles. The van der Waals surface area contributed by atoms with Crippen LogP contribution in [-0.2, 0) is 22.7 Å². The third kappa shape index (κ3) is 6.87. The number of amides is 2. The Morgan fingerprint density at radius 2 is 1.37 bits per heavy atom. The molecule has 0 unspecified atom stereocenters. The van der Waals surface area contributed by atoms with Gasteiger partial charge in [0.1, 0.15) is 11.5 Å². The molecule has 13 heteroatoms. The molecule has 0 radical (unpaired) electrons. The number of carbonyl (C=O) groups is 2. The molecule has 0 atom stereocenters. The molecular formula is C38H41ClFN7O4. The Bertz CT molecular complexity index is 1970. The molecular weight excluding hydrogens is 673 g/mol. The highest BCUT2D eigenvalue weighted by molar-refractivity contribution is 6.36. The smallest absolute Gasteiger partial charge is 0.237 e. The average Bonchev–Trinajstić information content (AvgIpc) is 3.09. The Morgan fingerprint density at radius 3 is 2.04 bits per heavy atom. The first-order valence-electron chi connectivity index (χ1n) is 17.1. The lowest BCUT2D eigenvalue weighted by atomic mass is 9.73. The summed E-state index contributed by atoms with van der Waals surface area (Å²) in [6.07, 6.45) is 1.58. The molecule has 2 amide bonds. The molecule has 4 aromatic rings. The van der Waals surface area contributed by atoms with E-state index < -0.39 is 5.82 Å². The van der Waals surface area contributed by atoms with Crippen LogP contribution in [0.4, 0.5) is 4.39 Å². The van der Waals surface area contributed by atoms with Gasteiger partial charge >= 0.3 is 0 Å². The van der Waals surface area contributed by atoms with Crippen LogP contribution in [0.2, 0.25) is 5.02 Å². The lowest BCUT2D eigenvalue weighted by Gasteiger charge is -2.60. The Hall–Kier alpha value is -4.65. The summed E-state index contributed by atoms with van der Waals surface area (Å²) in [7, 11) is 3.13. The van der Waals surface area contributed by atoms with Gasteiger partial charge in [0.2, 0.25) is 23.6 Å². The SMILES string of the molecule is COc1nc(-c2cccc(-c3cccc(-c4cnc(CN5CC6(C5)CN(C(C)=O)C6)c(OC)n4)c3F)c2Cl)ccc1CN1CCN(C(C)=O)CC1. The van der Waals surface area contributed by atoms with E-state index in [1.165, 1.54) is 7.11 Å². The number of hydrogen-bond acceptors (Lipinski definition) is 9. The maximum absolute atomic E-state index is 16.4. The van der Waals surface area contributed by atoms with E-state index in [0.29, 0.717) is 76.7 Å². The lowest BCUT2D eigenvalue weighted by Crippen LogP contribution is -2.72. The van der Waals surface area contributed by atoms with Crippen molar-refractivity contribution in [2.24, 2.45) is 5.41 Å². The van der Waals surface area contributed by atoms with Crippen molar-refractivity contribution in [2.45, 2.75) is 26.9 Å². The monoisotopic (exact) mass is 713 g/mol. The van der Waals surface area contributed by atoms with Crippen molar-refractivity contribution in [3.05, 3.63) is 76.8 Å². The van der Waals surface area contributed by atoms with Gasteiger partial charge in [-0.3, -0.25) is 24.4 Å². The van der Waals surface area contributed by atoms with Crippen molar-refractivity contribution in [3.8, 4) is 45.4 Å². The van der Waals surface area contributed by atoms with Gasteiger partial charge in [0.15, 0.2) is 0 Å². The van der Waals surface area contributed by atoms with Gasteiger partial charge in [-0.25, -0.2) is 14.4 Å². The van der Waals surface area contributed by atoms with Crippen LogP contribution in [0.25, 0.3) is 33.6 Å². The van der Waals surface area contributed by atoms with Crippen LogP contribution < -0.4 is 9.47 Å². The third-order valence-electron chi connectivity index (χ3n) is 10.2. The standard InChI is InChI=1S/C38H41ClFN7O4/c1-24(48)46-15-13-44(14-16-46)18-26-11-12-31(42-36(26)50-3)29-9-5-7-27(34(29)39)28-8-6-10-30(35(28)40)32-17-41-33(37(43-32)51-4)19-45-20-38(21-45)22-47(23-38)25(2)49/h5-12,17H,13-16,18-23H2,1-4H3. The number of benzene rings is 2. The Kier molecular flexibility index (Phi) is 9.66. The largest absolute Gasteiger partial charge is 0.481 e. The van der Waals surface area contributed by atoms with E-state index in [1.54, 1.807) is 51.4 Å². The van der Waals surface area contributed by atoms with E-state index >= 15 is 4.39 Å². The fourth-order valence-corrected chi connectivity index (χ4v) is 7.79. The number of pyridine rings is 1. The van der Waals surface area contributed by atoms with Crippen LogP contribution in [0.1, 0.15) is 25.1 Å². The van der Waals surface area contributed by atoms with Crippen molar-refractivity contribution in [3.63, 3.8) is 0 Å². The van der Waals surface area contributed by atoms with Crippen LogP contribution >= 0.6 is 11.6 Å². The van der Waals surface area contributed by atoms with Crippen molar-refractivity contribution >= 4 is 23.4 Å². The normalized spacial score (nSPS) is 17.2. The van der Waals surface area contributed by atoms with E-state index in [0.717, 1.165) is 44.8 Å². The molecule has 1 spiro atoms. The number of likely N-dealkylation sites (tertiary alicyclic amines) is 2. The molecule has 2 aromatic heterocycles. The quantitative estimate of drug-likeness (QED) is 0.237. The van der Waals surface area contributed by atoms with Crippen LogP contribution in [0.5, 0.6) is 11.8 Å². The molecule has 3 aliphatic heterocycles. The summed E-state index contributed by atoms with van der Waals surface area (Å²) < 4.78 is 27.7. The van der Waals surface area contributed by atoms with Crippen LogP contribution in [0, 0.1) is 11.2 Å². The third-order valence-corrected chi connectivity index (χ3v) is 10.6. The first-order chi connectivity index (χ1) is 24.6. The maximum Gasteiger partial charge on any atom is 0.237 e. The zero-order valence-electron chi connectivity index (χ0n) is 29.3. The van der Waals surface area contributed by atoms with E-state index in [2.05, 4.69) is 19.8 Å². The molecule has 0 aliphatic carbocycles. The molecule has 5 heterocycles. The highest BCUT2D eigenvalue weighted by atomic mass is 35.5. The summed E-state index contributed by atoms with van der Waals surface area (Å²) in [5.74, 6) is 0.571. The minimum absolute atomic E-state index is 0.0946. The molecule has 3 fully saturated rings. The second kappa shape index (κ2) is 14.2. The minimum atomic E-state index is -0.476. The van der Waals surface area contributed by atoms with Gasteiger partial charge in [0.25, 0.3) is 0 Å².